The fraction of sp³-hybridized carbons (Fsp3) is 0.467. The fourth-order valence-electron chi connectivity index (χ4n) is 2.31. The number of hydrogen-bond donors (Lipinski definition) is 0. The quantitative estimate of drug-likeness (QED) is 0.790. The molecule has 2 aromatic rings. The predicted octanol–water partition coefficient (Wildman–Crippen LogP) is 1.87. The van der Waals surface area contributed by atoms with Crippen molar-refractivity contribution in [1.82, 2.24) is 14.5 Å². The van der Waals surface area contributed by atoms with Gasteiger partial charge in [-0.1, -0.05) is 0 Å². The lowest BCUT2D eigenvalue weighted by Crippen LogP contribution is -2.41. The molecule has 21 heavy (non-hydrogen) atoms. The fourth-order valence-corrected chi connectivity index (χ4v) is 2.31. The first-order valence-corrected chi connectivity index (χ1v) is 7.12. The van der Waals surface area contributed by atoms with Crippen molar-refractivity contribution in [2.24, 2.45) is 0 Å². The van der Waals surface area contributed by atoms with Gasteiger partial charge in [-0.3, -0.25) is 4.57 Å². The van der Waals surface area contributed by atoms with Crippen molar-refractivity contribution in [3.05, 3.63) is 36.5 Å². The number of pyridine rings is 1. The molecular formula is C15H20BN3O2. The van der Waals surface area contributed by atoms with E-state index in [4.69, 9.17) is 9.31 Å². The van der Waals surface area contributed by atoms with Crippen molar-refractivity contribution in [3.8, 4) is 5.82 Å². The van der Waals surface area contributed by atoms with Crippen LogP contribution in [0.2, 0.25) is 0 Å². The van der Waals surface area contributed by atoms with Crippen molar-refractivity contribution in [1.29, 1.82) is 0 Å². The highest BCUT2D eigenvalue weighted by atomic mass is 16.7. The standard InChI is InChI=1S/C15H20BN3O2/c1-11-17-8-9-19(11)13-10-12(6-7-18-13)16-20-14(2,3)15(4,5)21-16/h6-10H,1-5H3. The molecule has 0 atom stereocenters. The number of nitrogens with zero attached hydrogens (tertiary/aromatic N) is 3. The Morgan fingerprint density at radius 3 is 2.29 bits per heavy atom. The van der Waals surface area contributed by atoms with E-state index in [0.29, 0.717) is 0 Å². The molecule has 1 fully saturated rings. The van der Waals surface area contributed by atoms with Crippen LogP contribution >= 0.6 is 0 Å². The molecule has 1 saturated heterocycles. The van der Waals surface area contributed by atoms with Crippen LogP contribution in [0, 0.1) is 6.92 Å². The van der Waals surface area contributed by atoms with Gasteiger partial charge in [0.05, 0.1) is 11.2 Å². The van der Waals surface area contributed by atoms with Gasteiger partial charge >= 0.3 is 7.12 Å². The molecule has 0 bridgehead atoms. The van der Waals surface area contributed by atoms with Gasteiger partial charge in [0.15, 0.2) is 0 Å². The van der Waals surface area contributed by atoms with Crippen molar-refractivity contribution in [3.63, 3.8) is 0 Å². The zero-order valence-electron chi connectivity index (χ0n) is 13.1. The van der Waals surface area contributed by atoms with Gasteiger partial charge in [-0.05, 0) is 52.2 Å². The first-order chi connectivity index (χ1) is 9.80. The third-order valence-corrected chi connectivity index (χ3v) is 4.37. The van der Waals surface area contributed by atoms with Gasteiger partial charge in [0, 0.05) is 18.6 Å². The lowest BCUT2D eigenvalue weighted by atomic mass is 9.80. The maximum Gasteiger partial charge on any atom is 0.495 e. The molecule has 0 aromatic carbocycles. The van der Waals surface area contributed by atoms with Gasteiger partial charge in [-0.2, -0.15) is 0 Å². The molecule has 0 N–H and O–H groups in total. The second-order valence-corrected chi connectivity index (χ2v) is 6.38. The molecule has 3 rings (SSSR count). The smallest absolute Gasteiger partial charge is 0.399 e. The summed E-state index contributed by atoms with van der Waals surface area (Å²) in [6.45, 7) is 10.2. The first kappa shape index (κ1) is 14.3. The molecule has 2 aromatic heterocycles. The maximum atomic E-state index is 6.08. The summed E-state index contributed by atoms with van der Waals surface area (Å²) in [7, 11) is -0.374. The Labute approximate surface area is 125 Å². The van der Waals surface area contributed by atoms with Crippen LogP contribution in [-0.2, 0) is 9.31 Å². The SMILES string of the molecule is Cc1nccn1-c1cc(B2OC(C)(C)C(C)(C)O2)ccn1. The summed E-state index contributed by atoms with van der Waals surface area (Å²) in [5.41, 5.74) is 0.282. The van der Waals surface area contributed by atoms with E-state index in [-0.39, 0.29) is 18.3 Å². The molecule has 0 aliphatic carbocycles. The Balaban J connectivity index is 1.94. The molecule has 3 heterocycles. The lowest BCUT2D eigenvalue weighted by molar-refractivity contribution is 0.00578. The Morgan fingerprint density at radius 2 is 1.71 bits per heavy atom. The molecule has 0 saturated carbocycles. The van der Waals surface area contributed by atoms with Crippen LogP contribution in [0.25, 0.3) is 5.82 Å². The van der Waals surface area contributed by atoms with Crippen LogP contribution in [0.5, 0.6) is 0 Å². The summed E-state index contributed by atoms with van der Waals surface area (Å²) in [5.74, 6) is 1.71. The molecule has 5 nitrogen and oxygen atoms in total. The number of rotatable bonds is 2. The average Bonchev–Trinajstić information content (AvgIpc) is 2.92. The van der Waals surface area contributed by atoms with Crippen LogP contribution in [0.15, 0.2) is 30.7 Å². The zero-order valence-corrected chi connectivity index (χ0v) is 13.1. The summed E-state index contributed by atoms with van der Waals surface area (Å²) in [5, 5.41) is 0. The molecule has 6 heteroatoms. The third kappa shape index (κ3) is 2.38. The number of hydrogen-bond acceptors (Lipinski definition) is 4. The van der Waals surface area contributed by atoms with E-state index in [1.165, 1.54) is 0 Å². The molecule has 110 valence electrons. The van der Waals surface area contributed by atoms with E-state index in [1.54, 1.807) is 12.4 Å². The summed E-state index contributed by atoms with van der Waals surface area (Å²) in [4.78, 5) is 8.63. The Hall–Kier alpha value is -1.66. The van der Waals surface area contributed by atoms with Crippen LogP contribution in [0.4, 0.5) is 0 Å². The highest BCUT2D eigenvalue weighted by Crippen LogP contribution is 2.36. The molecule has 0 amide bonds. The van der Waals surface area contributed by atoms with Gasteiger partial charge in [0.25, 0.3) is 0 Å². The van der Waals surface area contributed by atoms with Gasteiger partial charge in [-0.25, -0.2) is 9.97 Å². The van der Waals surface area contributed by atoms with Crippen LogP contribution < -0.4 is 5.46 Å². The molecule has 0 unspecified atom stereocenters. The van der Waals surface area contributed by atoms with E-state index >= 15 is 0 Å². The monoisotopic (exact) mass is 285 g/mol. The van der Waals surface area contributed by atoms with Gasteiger partial charge in [-0.15, -0.1) is 0 Å². The van der Waals surface area contributed by atoms with E-state index in [9.17, 15) is 0 Å². The zero-order chi connectivity index (χ0) is 15.3. The average molecular weight is 285 g/mol. The van der Waals surface area contributed by atoms with E-state index in [2.05, 4.69) is 37.7 Å². The second-order valence-electron chi connectivity index (χ2n) is 6.38. The summed E-state index contributed by atoms with van der Waals surface area (Å²) in [6.07, 6.45) is 5.43. The molecular weight excluding hydrogens is 265 g/mol. The van der Waals surface area contributed by atoms with Gasteiger partial charge in [0.1, 0.15) is 11.6 Å². The highest BCUT2D eigenvalue weighted by Gasteiger charge is 2.51. The Kier molecular flexibility index (Phi) is 3.18. The van der Waals surface area contributed by atoms with E-state index < -0.39 is 0 Å². The normalized spacial score (nSPS) is 20.0. The summed E-state index contributed by atoms with van der Waals surface area (Å²) < 4.78 is 14.1. The Morgan fingerprint density at radius 1 is 1.05 bits per heavy atom. The number of aromatic nitrogens is 3. The largest absolute Gasteiger partial charge is 0.495 e. The van der Waals surface area contributed by atoms with Crippen molar-refractivity contribution >= 4 is 12.6 Å². The summed E-state index contributed by atoms with van der Waals surface area (Å²) in [6, 6.07) is 3.91. The minimum absolute atomic E-state index is 0.341. The number of aryl methyl sites for hydroxylation is 1. The maximum absolute atomic E-state index is 6.08. The van der Waals surface area contributed by atoms with E-state index in [1.807, 2.05) is 29.8 Å². The topological polar surface area (TPSA) is 49.2 Å². The van der Waals surface area contributed by atoms with Crippen molar-refractivity contribution in [2.45, 2.75) is 45.8 Å². The molecule has 1 aliphatic heterocycles. The van der Waals surface area contributed by atoms with Gasteiger partial charge in [0.2, 0.25) is 0 Å². The first-order valence-electron chi connectivity index (χ1n) is 7.12. The van der Waals surface area contributed by atoms with Crippen molar-refractivity contribution < 1.29 is 9.31 Å². The molecule has 1 aliphatic rings. The van der Waals surface area contributed by atoms with Crippen LogP contribution in [-0.4, -0.2) is 32.9 Å². The second kappa shape index (κ2) is 4.68. The Bertz CT molecular complexity index is 650. The lowest BCUT2D eigenvalue weighted by Gasteiger charge is -2.32. The molecule has 0 spiro atoms. The van der Waals surface area contributed by atoms with E-state index in [0.717, 1.165) is 17.1 Å². The minimum atomic E-state index is -0.374. The van der Waals surface area contributed by atoms with Crippen LogP contribution in [0.3, 0.4) is 0 Å². The van der Waals surface area contributed by atoms with Crippen LogP contribution in [0.1, 0.15) is 33.5 Å². The highest BCUT2D eigenvalue weighted by molar-refractivity contribution is 6.62. The third-order valence-electron chi connectivity index (χ3n) is 4.37. The minimum Gasteiger partial charge on any atom is -0.399 e. The van der Waals surface area contributed by atoms with Gasteiger partial charge < -0.3 is 9.31 Å². The number of imidazole rings is 1. The summed E-state index contributed by atoms with van der Waals surface area (Å²) >= 11 is 0. The van der Waals surface area contributed by atoms with Crippen molar-refractivity contribution in [2.75, 3.05) is 0 Å². The molecule has 0 radical (unpaired) electrons. The predicted molar refractivity (Wildman–Crippen MR) is 81.8 cm³/mol.